The molecule has 5 heteroatoms. The van der Waals surface area contributed by atoms with Gasteiger partial charge in [0, 0.05) is 0 Å². The van der Waals surface area contributed by atoms with Crippen molar-refractivity contribution in [3.8, 4) is 5.75 Å². The maximum absolute atomic E-state index is 13.7. The lowest BCUT2D eigenvalue weighted by molar-refractivity contribution is 0.273. The molecule has 0 aliphatic rings. The number of rotatable bonds is 5. The highest BCUT2D eigenvalue weighted by molar-refractivity contribution is 5.32. The molecule has 0 saturated carbocycles. The van der Waals surface area contributed by atoms with E-state index >= 15 is 0 Å². The van der Waals surface area contributed by atoms with E-state index in [4.69, 9.17) is 10.5 Å². The summed E-state index contributed by atoms with van der Waals surface area (Å²) in [6.45, 7) is 0.199. The molecule has 20 heavy (non-hydrogen) atoms. The SMILES string of the molecule is NCCc1cc(F)c(OCc2cccc(F)c2)c(F)c1. The largest absolute Gasteiger partial charge is 0.483 e. The number of nitrogens with two attached hydrogens (primary N) is 1. The van der Waals surface area contributed by atoms with Crippen LogP contribution in [0, 0.1) is 17.5 Å². The summed E-state index contributed by atoms with van der Waals surface area (Å²) in [7, 11) is 0. The van der Waals surface area contributed by atoms with Crippen molar-refractivity contribution in [1.29, 1.82) is 0 Å². The first kappa shape index (κ1) is 14.4. The Morgan fingerprint density at radius 1 is 0.950 bits per heavy atom. The molecular formula is C15H14F3NO. The van der Waals surface area contributed by atoms with E-state index in [0.717, 1.165) is 0 Å². The van der Waals surface area contributed by atoms with Crippen molar-refractivity contribution >= 4 is 0 Å². The van der Waals surface area contributed by atoms with E-state index in [1.807, 2.05) is 0 Å². The smallest absolute Gasteiger partial charge is 0.191 e. The zero-order chi connectivity index (χ0) is 14.5. The molecular weight excluding hydrogens is 267 g/mol. The van der Waals surface area contributed by atoms with Crippen LogP contribution in [0.4, 0.5) is 13.2 Å². The first-order valence-corrected chi connectivity index (χ1v) is 6.15. The van der Waals surface area contributed by atoms with E-state index in [1.54, 1.807) is 6.07 Å². The highest BCUT2D eigenvalue weighted by Gasteiger charge is 2.12. The third-order valence-electron chi connectivity index (χ3n) is 2.76. The molecule has 0 aromatic heterocycles. The fraction of sp³-hybridized carbons (Fsp3) is 0.200. The van der Waals surface area contributed by atoms with Crippen molar-refractivity contribution in [3.63, 3.8) is 0 Å². The molecule has 0 spiro atoms. The summed E-state index contributed by atoms with van der Waals surface area (Å²) in [5.41, 5.74) is 6.30. The quantitative estimate of drug-likeness (QED) is 0.913. The minimum absolute atomic E-state index is 0.109. The van der Waals surface area contributed by atoms with Crippen molar-refractivity contribution in [2.24, 2.45) is 5.73 Å². The number of hydrogen-bond acceptors (Lipinski definition) is 2. The van der Waals surface area contributed by atoms with Gasteiger partial charge in [-0.1, -0.05) is 12.1 Å². The van der Waals surface area contributed by atoms with Gasteiger partial charge in [-0.2, -0.15) is 0 Å². The summed E-state index contributed by atoms with van der Waals surface area (Å²) in [6, 6.07) is 8.03. The van der Waals surface area contributed by atoms with Crippen LogP contribution in [0.2, 0.25) is 0 Å². The van der Waals surface area contributed by atoms with Gasteiger partial charge in [-0.25, -0.2) is 13.2 Å². The molecule has 0 fully saturated rings. The van der Waals surface area contributed by atoms with E-state index in [2.05, 4.69) is 0 Å². The van der Waals surface area contributed by atoms with E-state index in [-0.39, 0.29) is 6.61 Å². The molecule has 2 aromatic carbocycles. The molecule has 0 aliphatic heterocycles. The molecule has 0 bridgehead atoms. The molecule has 2 rings (SSSR count). The van der Waals surface area contributed by atoms with Crippen molar-refractivity contribution in [3.05, 3.63) is 65.0 Å². The van der Waals surface area contributed by atoms with Crippen LogP contribution in [0.1, 0.15) is 11.1 Å². The standard InChI is InChI=1S/C15H14F3NO/c16-12-3-1-2-11(6-12)9-20-15-13(17)7-10(4-5-19)8-14(15)18/h1-3,6-8H,4-5,9,19H2. The molecule has 106 valence electrons. The van der Waals surface area contributed by atoms with Gasteiger partial charge in [-0.05, 0) is 48.4 Å². The van der Waals surface area contributed by atoms with Gasteiger partial charge in [0.2, 0.25) is 0 Å². The fourth-order valence-electron chi connectivity index (χ4n) is 1.84. The third kappa shape index (κ3) is 3.51. The maximum atomic E-state index is 13.7. The van der Waals surface area contributed by atoms with Crippen LogP contribution in [0.5, 0.6) is 5.75 Å². The van der Waals surface area contributed by atoms with Crippen molar-refractivity contribution in [2.45, 2.75) is 13.0 Å². The number of hydrogen-bond donors (Lipinski definition) is 1. The second kappa shape index (κ2) is 6.43. The van der Waals surface area contributed by atoms with Gasteiger partial charge in [0.05, 0.1) is 0 Å². The minimum atomic E-state index is -0.787. The van der Waals surface area contributed by atoms with Gasteiger partial charge >= 0.3 is 0 Å². The molecule has 0 aliphatic carbocycles. The minimum Gasteiger partial charge on any atom is -0.483 e. The predicted octanol–water partition coefficient (Wildman–Crippen LogP) is 3.18. The Hall–Kier alpha value is -2.01. The van der Waals surface area contributed by atoms with Crippen molar-refractivity contribution in [1.82, 2.24) is 0 Å². The van der Waals surface area contributed by atoms with Gasteiger partial charge in [0.15, 0.2) is 17.4 Å². The van der Waals surface area contributed by atoms with Gasteiger partial charge in [0.25, 0.3) is 0 Å². The van der Waals surface area contributed by atoms with Crippen LogP contribution in [0.15, 0.2) is 36.4 Å². The Kier molecular flexibility index (Phi) is 4.63. The Balaban J connectivity index is 2.13. The Morgan fingerprint density at radius 3 is 2.25 bits per heavy atom. The summed E-state index contributed by atoms with van der Waals surface area (Å²) in [6.07, 6.45) is 0.387. The first-order chi connectivity index (χ1) is 9.60. The lowest BCUT2D eigenvalue weighted by Crippen LogP contribution is -2.05. The summed E-state index contributed by atoms with van der Waals surface area (Å²) in [4.78, 5) is 0. The predicted molar refractivity (Wildman–Crippen MR) is 69.8 cm³/mol. The number of ether oxygens (including phenoxy) is 1. The Morgan fingerprint density at radius 2 is 1.65 bits per heavy atom. The Labute approximate surface area is 115 Å². The zero-order valence-corrected chi connectivity index (χ0v) is 10.7. The van der Waals surface area contributed by atoms with Gasteiger partial charge in [-0.3, -0.25) is 0 Å². The van der Waals surface area contributed by atoms with Crippen LogP contribution in [0.3, 0.4) is 0 Å². The van der Waals surface area contributed by atoms with Crippen LogP contribution in [-0.4, -0.2) is 6.54 Å². The molecule has 0 atom stereocenters. The van der Waals surface area contributed by atoms with E-state index in [1.165, 1.54) is 30.3 Å². The van der Waals surface area contributed by atoms with E-state index in [0.29, 0.717) is 24.1 Å². The lowest BCUT2D eigenvalue weighted by Gasteiger charge is -2.10. The Bertz CT molecular complexity index is 578. The zero-order valence-electron chi connectivity index (χ0n) is 10.7. The van der Waals surface area contributed by atoms with Crippen LogP contribution >= 0.6 is 0 Å². The molecule has 0 amide bonds. The highest BCUT2D eigenvalue weighted by atomic mass is 19.1. The molecule has 0 saturated heterocycles. The molecule has 0 radical (unpaired) electrons. The molecule has 2 aromatic rings. The third-order valence-corrected chi connectivity index (χ3v) is 2.76. The average Bonchev–Trinajstić information content (AvgIpc) is 2.38. The molecule has 0 heterocycles. The lowest BCUT2D eigenvalue weighted by atomic mass is 10.1. The average molecular weight is 281 g/mol. The van der Waals surface area contributed by atoms with E-state index in [9.17, 15) is 13.2 Å². The molecule has 0 unspecified atom stereocenters. The molecule has 2 N–H and O–H groups in total. The molecule has 2 nitrogen and oxygen atoms in total. The van der Waals surface area contributed by atoms with Crippen molar-refractivity contribution in [2.75, 3.05) is 6.54 Å². The summed E-state index contributed by atoms with van der Waals surface area (Å²) >= 11 is 0. The maximum Gasteiger partial charge on any atom is 0.191 e. The highest BCUT2D eigenvalue weighted by Crippen LogP contribution is 2.24. The number of halogens is 3. The monoisotopic (exact) mass is 281 g/mol. The van der Waals surface area contributed by atoms with Crippen molar-refractivity contribution < 1.29 is 17.9 Å². The summed E-state index contributed by atoms with van der Waals surface area (Å²) in [5, 5.41) is 0. The van der Waals surface area contributed by atoms with E-state index < -0.39 is 23.2 Å². The van der Waals surface area contributed by atoms with Crippen LogP contribution in [-0.2, 0) is 13.0 Å². The van der Waals surface area contributed by atoms with Gasteiger partial charge < -0.3 is 10.5 Å². The summed E-state index contributed by atoms with van der Waals surface area (Å²) in [5.74, 6) is -2.46. The van der Waals surface area contributed by atoms with Gasteiger partial charge in [-0.15, -0.1) is 0 Å². The fourth-order valence-corrected chi connectivity index (χ4v) is 1.84. The topological polar surface area (TPSA) is 35.2 Å². The van der Waals surface area contributed by atoms with Crippen LogP contribution in [0.25, 0.3) is 0 Å². The second-order valence-electron chi connectivity index (χ2n) is 4.35. The number of benzene rings is 2. The normalized spacial score (nSPS) is 10.6. The van der Waals surface area contributed by atoms with Crippen LogP contribution < -0.4 is 10.5 Å². The first-order valence-electron chi connectivity index (χ1n) is 6.15. The second-order valence-corrected chi connectivity index (χ2v) is 4.35. The summed E-state index contributed by atoms with van der Waals surface area (Å²) < 4.78 is 45.5. The van der Waals surface area contributed by atoms with Gasteiger partial charge in [0.1, 0.15) is 12.4 Å².